The molecule has 0 spiro atoms. The van der Waals surface area contributed by atoms with E-state index in [2.05, 4.69) is 27.5 Å². The fourth-order valence-electron chi connectivity index (χ4n) is 3.99. The first-order valence-corrected chi connectivity index (χ1v) is 11.5. The number of ketones is 1. The first-order chi connectivity index (χ1) is 16.4. The number of aryl methyl sites for hydroxylation is 1. The normalized spacial score (nSPS) is 17.1. The van der Waals surface area contributed by atoms with E-state index in [1.54, 1.807) is 42.7 Å². The zero-order chi connectivity index (χ0) is 24.2. The number of pyridine rings is 1. The van der Waals surface area contributed by atoms with Crippen LogP contribution in [0.15, 0.2) is 89.7 Å². The Hall–Kier alpha value is -3.71. The average molecular weight is 519 g/mol. The Morgan fingerprint density at radius 2 is 1.97 bits per heavy atom. The molecule has 6 nitrogen and oxygen atoms in total. The number of ether oxygens (including phenoxy) is 1. The molecule has 4 rings (SSSR count). The zero-order valence-electron chi connectivity index (χ0n) is 18.6. The van der Waals surface area contributed by atoms with Crippen molar-refractivity contribution in [3.05, 3.63) is 112 Å². The van der Waals surface area contributed by atoms with Gasteiger partial charge in [-0.15, -0.1) is 0 Å². The van der Waals surface area contributed by atoms with Gasteiger partial charge in [-0.3, -0.25) is 14.6 Å². The summed E-state index contributed by atoms with van der Waals surface area (Å²) in [7, 11) is 0. The molecule has 1 amide bonds. The van der Waals surface area contributed by atoms with E-state index in [0.717, 1.165) is 21.2 Å². The van der Waals surface area contributed by atoms with Gasteiger partial charge in [-0.25, -0.2) is 0 Å². The van der Waals surface area contributed by atoms with Crippen molar-refractivity contribution in [3.63, 3.8) is 0 Å². The smallest absolute Gasteiger partial charge is 0.295 e. The third-order valence-electron chi connectivity index (χ3n) is 5.61. The number of hydrogen-bond acceptors (Lipinski definition) is 5. The Labute approximate surface area is 206 Å². The molecule has 7 heteroatoms. The molecular formula is C27H23BrN2O4. The molecule has 0 bridgehead atoms. The number of Topliss-reactive ketones (excluding diaryl/α,β-unsaturated/α-hetero) is 1. The first kappa shape index (κ1) is 23.4. The number of aliphatic hydroxyl groups excluding tert-OH is 1. The van der Waals surface area contributed by atoms with E-state index >= 15 is 0 Å². The van der Waals surface area contributed by atoms with Crippen LogP contribution in [-0.2, 0) is 16.1 Å². The van der Waals surface area contributed by atoms with E-state index in [1.807, 2.05) is 37.3 Å². The van der Waals surface area contributed by atoms with E-state index in [9.17, 15) is 14.7 Å². The van der Waals surface area contributed by atoms with Crippen LogP contribution in [0.1, 0.15) is 28.3 Å². The summed E-state index contributed by atoms with van der Waals surface area (Å²) in [5, 5.41) is 11.3. The van der Waals surface area contributed by atoms with Gasteiger partial charge in [0.15, 0.2) is 0 Å². The minimum atomic E-state index is -0.745. The minimum Gasteiger partial charge on any atom is -0.507 e. The first-order valence-electron chi connectivity index (χ1n) is 10.7. The maximum Gasteiger partial charge on any atom is 0.295 e. The zero-order valence-corrected chi connectivity index (χ0v) is 20.2. The van der Waals surface area contributed by atoms with Crippen molar-refractivity contribution < 1.29 is 19.4 Å². The highest BCUT2D eigenvalue weighted by molar-refractivity contribution is 9.10. The second-order valence-electron chi connectivity index (χ2n) is 7.92. The van der Waals surface area contributed by atoms with E-state index in [-0.39, 0.29) is 17.9 Å². The van der Waals surface area contributed by atoms with Crippen LogP contribution in [0.3, 0.4) is 0 Å². The SMILES string of the molecule is C=CCOc1ccc(/C(O)=C2\C(=O)C(=O)N(Cc3cccnc3)C2c2ccc(Br)cc2)cc1C. The van der Waals surface area contributed by atoms with Crippen LogP contribution in [0, 0.1) is 6.92 Å². The minimum absolute atomic E-state index is 0.0513. The molecule has 2 heterocycles. The molecule has 1 aliphatic heterocycles. The van der Waals surface area contributed by atoms with Crippen LogP contribution in [-0.4, -0.2) is 33.3 Å². The van der Waals surface area contributed by atoms with Crippen LogP contribution in [0.25, 0.3) is 5.76 Å². The standard InChI is InChI=1S/C27H23BrN2O4/c1-3-13-34-22-11-8-20(14-17(22)2)25(31)23-24(19-6-9-21(28)10-7-19)30(27(33)26(23)32)16-18-5-4-12-29-15-18/h3-12,14-15,24,31H,1,13,16H2,2H3/b25-23+. The predicted octanol–water partition coefficient (Wildman–Crippen LogP) is 5.34. The van der Waals surface area contributed by atoms with Gasteiger partial charge in [0, 0.05) is 29.0 Å². The maximum absolute atomic E-state index is 13.2. The van der Waals surface area contributed by atoms with Crippen LogP contribution in [0.4, 0.5) is 0 Å². The molecule has 0 saturated carbocycles. The molecule has 1 aliphatic rings. The third kappa shape index (κ3) is 4.65. The van der Waals surface area contributed by atoms with Gasteiger partial charge in [-0.2, -0.15) is 0 Å². The number of likely N-dealkylation sites (tertiary alicyclic amines) is 1. The van der Waals surface area contributed by atoms with E-state index in [1.165, 1.54) is 4.90 Å². The van der Waals surface area contributed by atoms with Crippen molar-refractivity contribution >= 4 is 33.4 Å². The number of aliphatic hydroxyl groups is 1. The molecule has 1 N–H and O–H groups in total. The number of rotatable bonds is 7. The summed E-state index contributed by atoms with van der Waals surface area (Å²) in [4.78, 5) is 31.9. The van der Waals surface area contributed by atoms with Crippen LogP contribution < -0.4 is 4.74 Å². The summed E-state index contributed by atoms with van der Waals surface area (Å²) in [5.41, 5.74) is 2.78. The van der Waals surface area contributed by atoms with Crippen molar-refractivity contribution in [2.24, 2.45) is 0 Å². The van der Waals surface area contributed by atoms with Crippen molar-refractivity contribution in [2.45, 2.75) is 19.5 Å². The number of carbonyl (C=O) groups excluding carboxylic acids is 2. The highest BCUT2D eigenvalue weighted by Gasteiger charge is 2.46. The molecule has 0 radical (unpaired) electrons. The summed E-state index contributed by atoms with van der Waals surface area (Å²) in [5.74, 6) is -0.962. The third-order valence-corrected chi connectivity index (χ3v) is 6.14. The Bertz CT molecular complexity index is 1270. The van der Waals surface area contributed by atoms with Gasteiger partial charge in [0.25, 0.3) is 11.7 Å². The largest absolute Gasteiger partial charge is 0.507 e. The molecule has 1 fully saturated rings. The lowest BCUT2D eigenvalue weighted by Gasteiger charge is -2.25. The topological polar surface area (TPSA) is 79.7 Å². The Morgan fingerprint density at radius 3 is 2.62 bits per heavy atom. The van der Waals surface area contributed by atoms with Crippen molar-refractivity contribution in [1.29, 1.82) is 0 Å². The summed E-state index contributed by atoms with van der Waals surface area (Å²) in [6, 6.07) is 15.4. The van der Waals surface area contributed by atoms with Crippen molar-refractivity contribution in [2.75, 3.05) is 6.61 Å². The number of hydrogen-bond donors (Lipinski definition) is 1. The van der Waals surface area contributed by atoms with Crippen molar-refractivity contribution in [3.8, 4) is 5.75 Å². The maximum atomic E-state index is 13.2. The Morgan fingerprint density at radius 1 is 1.21 bits per heavy atom. The van der Waals surface area contributed by atoms with E-state index in [0.29, 0.717) is 17.9 Å². The monoisotopic (exact) mass is 518 g/mol. The molecule has 1 atom stereocenters. The molecule has 1 unspecified atom stereocenters. The molecule has 1 aromatic heterocycles. The fraction of sp³-hybridized carbons (Fsp3) is 0.148. The summed E-state index contributed by atoms with van der Waals surface area (Å²) in [6.45, 7) is 6.03. The number of nitrogens with zero attached hydrogens (tertiary/aromatic N) is 2. The fourth-order valence-corrected chi connectivity index (χ4v) is 4.25. The Balaban J connectivity index is 1.81. The van der Waals surface area contributed by atoms with Gasteiger partial charge in [0.2, 0.25) is 0 Å². The van der Waals surface area contributed by atoms with Crippen molar-refractivity contribution in [1.82, 2.24) is 9.88 Å². The number of aromatic nitrogens is 1. The highest BCUT2D eigenvalue weighted by atomic mass is 79.9. The van der Waals surface area contributed by atoms with Crippen LogP contribution in [0.2, 0.25) is 0 Å². The van der Waals surface area contributed by atoms with Crippen LogP contribution in [0.5, 0.6) is 5.75 Å². The number of halogens is 1. The quantitative estimate of drug-likeness (QED) is 0.197. The predicted molar refractivity (Wildman–Crippen MR) is 133 cm³/mol. The van der Waals surface area contributed by atoms with Gasteiger partial charge >= 0.3 is 0 Å². The molecule has 3 aromatic rings. The van der Waals surface area contributed by atoms with E-state index in [4.69, 9.17) is 4.74 Å². The lowest BCUT2D eigenvalue weighted by molar-refractivity contribution is -0.140. The highest BCUT2D eigenvalue weighted by Crippen LogP contribution is 2.41. The number of carbonyl (C=O) groups is 2. The molecule has 1 saturated heterocycles. The molecule has 2 aromatic carbocycles. The molecule has 0 aliphatic carbocycles. The van der Waals surface area contributed by atoms with E-state index < -0.39 is 17.7 Å². The lowest BCUT2D eigenvalue weighted by Crippen LogP contribution is -2.29. The van der Waals surface area contributed by atoms with Gasteiger partial charge in [-0.1, -0.05) is 46.8 Å². The molecular weight excluding hydrogens is 496 g/mol. The summed E-state index contributed by atoms with van der Waals surface area (Å²) < 4.78 is 6.48. The lowest BCUT2D eigenvalue weighted by atomic mass is 9.94. The second kappa shape index (κ2) is 10.1. The number of amides is 1. The van der Waals surface area contributed by atoms with Gasteiger partial charge in [0.1, 0.15) is 18.1 Å². The molecule has 34 heavy (non-hydrogen) atoms. The Kier molecular flexibility index (Phi) is 6.93. The molecule has 172 valence electrons. The van der Waals surface area contributed by atoms with Gasteiger partial charge < -0.3 is 14.7 Å². The summed E-state index contributed by atoms with van der Waals surface area (Å²) in [6.07, 6.45) is 4.95. The number of benzene rings is 2. The average Bonchev–Trinajstić information content (AvgIpc) is 3.09. The summed E-state index contributed by atoms with van der Waals surface area (Å²) >= 11 is 3.42. The van der Waals surface area contributed by atoms with Gasteiger partial charge in [-0.05, 0) is 60.0 Å². The van der Waals surface area contributed by atoms with Crippen LogP contribution >= 0.6 is 15.9 Å². The second-order valence-corrected chi connectivity index (χ2v) is 8.84. The van der Waals surface area contributed by atoms with Gasteiger partial charge in [0.05, 0.1) is 11.6 Å².